The van der Waals surface area contributed by atoms with Crippen LogP contribution in [0.3, 0.4) is 0 Å². The Bertz CT molecular complexity index is 592. The lowest BCUT2D eigenvalue weighted by atomic mass is 10.2. The highest BCUT2D eigenvalue weighted by Gasteiger charge is 2.01. The Labute approximate surface area is 129 Å². The zero-order chi connectivity index (χ0) is 15.1. The number of benzene rings is 1. The Hall–Kier alpha value is -2.08. The molecule has 0 radical (unpaired) electrons. The van der Waals surface area contributed by atoms with Crippen molar-refractivity contribution < 1.29 is 4.74 Å². The van der Waals surface area contributed by atoms with E-state index in [-0.39, 0.29) is 0 Å². The molecule has 0 aliphatic heterocycles. The molecule has 1 aromatic heterocycles. The van der Waals surface area contributed by atoms with Crippen molar-refractivity contribution in [2.45, 2.75) is 20.0 Å². The monoisotopic (exact) mass is 304 g/mol. The molecule has 0 aliphatic rings. The van der Waals surface area contributed by atoms with Crippen LogP contribution in [0.15, 0.2) is 35.5 Å². The van der Waals surface area contributed by atoms with E-state index in [1.807, 2.05) is 37.4 Å². The van der Waals surface area contributed by atoms with Gasteiger partial charge < -0.3 is 15.4 Å². The van der Waals surface area contributed by atoms with Gasteiger partial charge in [-0.1, -0.05) is 12.1 Å². The number of hydrogen-bond donors (Lipinski definition) is 2. The second kappa shape index (κ2) is 7.64. The number of methoxy groups -OCH3 is 1. The van der Waals surface area contributed by atoms with Crippen LogP contribution in [-0.4, -0.2) is 25.1 Å². The summed E-state index contributed by atoms with van der Waals surface area (Å²) in [5.74, 6) is 1.64. The maximum Gasteiger partial charge on any atom is 0.191 e. The molecule has 0 amide bonds. The second-order valence-electron chi connectivity index (χ2n) is 4.47. The normalized spacial score (nSPS) is 11.3. The van der Waals surface area contributed by atoms with Crippen molar-refractivity contribution in [2.24, 2.45) is 4.99 Å². The summed E-state index contributed by atoms with van der Waals surface area (Å²) >= 11 is 1.69. The summed E-state index contributed by atoms with van der Waals surface area (Å²) in [6, 6.07) is 7.97. The third kappa shape index (κ3) is 4.75. The number of aromatic nitrogens is 1. The quantitative estimate of drug-likeness (QED) is 0.657. The number of nitrogens with one attached hydrogen (secondary N) is 2. The van der Waals surface area contributed by atoms with Gasteiger partial charge in [-0.3, -0.25) is 4.99 Å². The average Bonchev–Trinajstić information content (AvgIpc) is 2.93. The van der Waals surface area contributed by atoms with Crippen molar-refractivity contribution in [1.82, 2.24) is 15.6 Å². The van der Waals surface area contributed by atoms with Crippen LogP contribution in [0.5, 0.6) is 5.75 Å². The molecule has 21 heavy (non-hydrogen) atoms. The second-order valence-corrected chi connectivity index (χ2v) is 5.79. The largest absolute Gasteiger partial charge is 0.497 e. The van der Waals surface area contributed by atoms with Gasteiger partial charge in [-0.2, -0.15) is 0 Å². The summed E-state index contributed by atoms with van der Waals surface area (Å²) in [4.78, 5) is 9.64. The van der Waals surface area contributed by atoms with E-state index in [2.05, 4.69) is 20.6 Å². The minimum Gasteiger partial charge on any atom is -0.497 e. The average molecular weight is 304 g/mol. The molecule has 0 aliphatic carbocycles. The van der Waals surface area contributed by atoms with E-state index in [9.17, 15) is 0 Å². The van der Waals surface area contributed by atoms with Crippen molar-refractivity contribution in [3.63, 3.8) is 0 Å². The molecular formula is C15H20N4OS. The van der Waals surface area contributed by atoms with E-state index >= 15 is 0 Å². The van der Waals surface area contributed by atoms with Crippen molar-refractivity contribution in [2.75, 3.05) is 14.2 Å². The van der Waals surface area contributed by atoms with Crippen molar-refractivity contribution in [3.8, 4) is 5.75 Å². The Morgan fingerprint density at radius 2 is 1.95 bits per heavy atom. The first kappa shape index (κ1) is 15.3. The Kier molecular flexibility index (Phi) is 5.57. The molecule has 2 rings (SSSR count). The Morgan fingerprint density at radius 1 is 1.24 bits per heavy atom. The van der Waals surface area contributed by atoms with E-state index in [1.54, 1.807) is 25.5 Å². The summed E-state index contributed by atoms with van der Waals surface area (Å²) in [7, 11) is 3.43. The molecule has 5 nitrogen and oxygen atoms in total. The minimum absolute atomic E-state index is 0.714. The summed E-state index contributed by atoms with van der Waals surface area (Å²) < 4.78 is 5.14. The summed E-state index contributed by atoms with van der Waals surface area (Å²) in [5.41, 5.74) is 1.17. The fraction of sp³-hybridized carbons (Fsp3) is 0.333. The molecule has 0 spiro atoms. The zero-order valence-electron chi connectivity index (χ0n) is 12.5. The first-order chi connectivity index (χ1) is 10.2. The fourth-order valence-electron chi connectivity index (χ4n) is 1.81. The molecule has 0 fully saturated rings. The van der Waals surface area contributed by atoms with Gasteiger partial charge >= 0.3 is 0 Å². The Balaban J connectivity index is 1.81. The van der Waals surface area contributed by atoms with Gasteiger partial charge in [0.05, 0.1) is 18.7 Å². The van der Waals surface area contributed by atoms with Crippen molar-refractivity contribution >= 4 is 17.3 Å². The van der Waals surface area contributed by atoms with Gasteiger partial charge in [0.1, 0.15) is 5.75 Å². The van der Waals surface area contributed by atoms with Gasteiger partial charge in [-0.05, 0) is 24.6 Å². The summed E-state index contributed by atoms with van der Waals surface area (Å²) in [6.45, 7) is 3.45. The van der Waals surface area contributed by atoms with Crippen LogP contribution in [0.2, 0.25) is 0 Å². The maximum atomic E-state index is 5.14. The van der Waals surface area contributed by atoms with Crippen LogP contribution in [0.4, 0.5) is 0 Å². The van der Waals surface area contributed by atoms with E-state index in [0.29, 0.717) is 6.54 Å². The molecule has 1 aromatic carbocycles. The van der Waals surface area contributed by atoms with Gasteiger partial charge in [-0.15, -0.1) is 11.3 Å². The number of hydrogen-bond acceptors (Lipinski definition) is 4. The summed E-state index contributed by atoms with van der Waals surface area (Å²) in [6.07, 6.45) is 1.89. The molecule has 6 heteroatoms. The predicted octanol–water partition coefficient (Wildman–Crippen LogP) is 2.33. The predicted molar refractivity (Wildman–Crippen MR) is 86.9 cm³/mol. The number of ether oxygens (including phenoxy) is 1. The van der Waals surface area contributed by atoms with Crippen molar-refractivity contribution in [1.29, 1.82) is 0 Å². The number of rotatable bonds is 5. The minimum atomic E-state index is 0.714. The topological polar surface area (TPSA) is 58.5 Å². The van der Waals surface area contributed by atoms with E-state index < -0.39 is 0 Å². The first-order valence-corrected chi connectivity index (χ1v) is 7.51. The number of nitrogens with zero attached hydrogens (tertiary/aromatic N) is 2. The number of guanidine groups is 1. The van der Waals surface area contributed by atoms with Gasteiger partial charge in [0.2, 0.25) is 0 Å². The molecule has 0 bridgehead atoms. The molecule has 0 unspecified atom stereocenters. The smallest absolute Gasteiger partial charge is 0.191 e. The molecule has 0 atom stereocenters. The lowest BCUT2D eigenvalue weighted by Crippen LogP contribution is -2.36. The molecule has 0 saturated carbocycles. The standard InChI is InChI=1S/C15H20N4OS/c1-11-17-9-14(21-11)10-19-15(16-2)18-8-12-4-6-13(20-3)7-5-12/h4-7,9H,8,10H2,1-3H3,(H2,16,18,19). The van der Waals surface area contributed by atoms with Gasteiger partial charge in [0, 0.05) is 24.7 Å². The van der Waals surface area contributed by atoms with Crippen LogP contribution in [-0.2, 0) is 13.1 Å². The van der Waals surface area contributed by atoms with E-state index in [4.69, 9.17) is 4.74 Å². The number of aryl methyl sites for hydroxylation is 1. The van der Waals surface area contributed by atoms with E-state index in [0.717, 1.165) is 23.3 Å². The lowest BCUT2D eigenvalue weighted by Gasteiger charge is -2.11. The van der Waals surface area contributed by atoms with Crippen LogP contribution in [0.1, 0.15) is 15.4 Å². The molecule has 0 saturated heterocycles. The maximum absolute atomic E-state index is 5.14. The van der Waals surface area contributed by atoms with Crippen LogP contribution >= 0.6 is 11.3 Å². The highest BCUT2D eigenvalue weighted by atomic mass is 32.1. The third-order valence-corrected chi connectivity index (χ3v) is 3.85. The third-order valence-electron chi connectivity index (χ3n) is 2.94. The van der Waals surface area contributed by atoms with Crippen molar-refractivity contribution in [3.05, 3.63) is 45.9 Å². The highest BCUT2D eigenvalue weighted by Crippen LogP contribution is 2.11. The SMILES string of the molecule is CN=C(NCc1ccc(OC)cc1)NCc1cnc(C)s1. The van der Waals surface area contributed by atoms with Crippen LogP contribution < -0.4 is 15.4 Å². The van der Waals surface area contributed by atoms with Gasteiger partial charge in [0.25, 0.3) is 0 Å². The van der Waals surface area contributed by atoms with E-state index in [1.165, 1.54) is 10.4 Å². The molecule has 1 heterocycles. The van der Waals surface area contributed by atoms with Gasteiger partial charge in [-0.25, -0.2) is 4.98 Å². The van der Waals surface area contributed by atoms with Crippen LogP contribution in [0.25, 0.3) is 0 Å². The van der Waals surface area contributed by atoms with Gasteiger partial charge in [0.15, 0.2) is 5.96 Å². The number of thiazole rings is 1. The molecule has 2 aromatic rings. The molecular weight excluding hydrogens is 284 g/mol. The molecule has 112 valence electrons. The summed E-state index contributed by atoms with van der Waals surface area (Å²) in [5, 5.41) is 7.64. The fourth-order valence-corrected chi connectivity index (χ4v) is 2.54. The first-order valence-electron chi connectivity index (χ1n) is 6.70. The van der Waals surface area contributed by atoms with Crippen LogP contribution in [0, 0.1) is 6.92 Å². The zero-order valence-corrected chi connectivity index (χ0v) is 13.3. The Morgan fingerprint density at radius 3 is 2.52 bits per heavy atom. The number of aliphatic imine (C=N–C) groups is 1. The molecule has 2 N–H and O–H groups in total. The lowest BCUT2D eigenvalue weighted by molar-refractivity contribution is 0.414. The highest BCUT2D eigenvalue weighted by molar-refractivity contribution is 7.11.